The van der Waals surface area contributed by atoms with E-state index in [9.17, 15) is 14.0 Å². The molecule has 32 heavy (non-hydrogen) atoms. The van der Waals surface area contributed by atoms with Gasteiger partial charge in [0.1, 0.15) is 5.82 Å². The molecule has 0 radical (unpaired) electrons. The van der Waals surface area contributed by atoms with E-state index in [1.165, 1.54) is 12.1 Å². The Bertz CT molecular complexity index is 1070. The average molecular weight is 435 g/mol. The van der Waals surface area contributed by atoms with Gasteiger partial charge < -0.3 is 15.0 Å². The van der Waals surface area contributed by atoms with Gasteiger partial charge in [-0.05, 0) is 53.9 Å². The third-order valence-corrected chi connectivity index (χ3v) is 5.09. The van der Waals surface area contributed by atoms with Crippen LogP contribution < -0.4 is 10.2 Å². The largest absolute Gasteiger partial charge is 0.383 e. The molecule has 1 N–H and O–H groups in total. The second-order valence-electron chi connectivity index (χ2n) is 7.52. The minimum atomic E-state index is -0.347. The van der Waals surface area contributed by atoms with Gasteiger partial charge >= 0.3 is 0 Å². The van der Waals surface area contributed by atoms with Gasteiger partial charge in [-0.3, -0.25) is 9.59 Å². The first kappa shape index (κ1) is 23.2. The number of ether oxygens (including phenoxy) is 1. The Morgan fingerprint density at radius 3 is 2.41 bits per heavy atom. The number of hydrogen-bond acceptors (Lipinski definition) is 3. The van der Waals surface area contributed by atoms with Gasteiger partial charge in [-0.15, -0.1) is 0 Å². The summed E-state index contributed by atoms with van der Waals surface area (Å²) >= 11 is 0. The third kappa shape index (κ3) is 6.25. The molecule has 3 aromatic rings. The van der Waals surface area contributed by atoms with Crippen molar-refractivity contribution in [3.05, 3.63) is 101 Å². The van der Waals surface area contributed by atoms with E-state index < -0.39 is 0 Å². The number of nitrogens with zero attached hydrogens (tertiary/aromatic N) is 1. The molecular weight excluding hydrogens is 407 g/mol. The van der Waals surface area contributed by atoms with E-state index in [1.807, 2.05) is 49.4 Å². The van der Waals surface area contributed by atoms with Crippen molar-refractivity contribution in [2.45, 2.75) is 19.9 Å². The van der Waals surface area contributed by atoms with Crippen molar-refractivity contribution in [2.24, 2.45) is 0 Å². The maximum Gasteiger partial charge on any atom is 0.258 e. The lowest BCUT2D eigenvalue weighted by molar-refractivity contribution is -0.120. The molecule has 0 spiro atoms. The molecule has 2 amide bonds. The van der Waals surface area contributed by atoms with Crippen LogP contribution in [-0.4, -0.2) is 32.1 Å². The molecular formula is C26H27FN2O3. The molecule has 0 atom stereocenters. The van der Waals surface area contributed by atoms with Crippen LogP contribution in [0.25, 0.3) is 0 Å². The van der Waals surface area contributed by atoms with Crippen molar-refractivity contribution in [3.8, 4) is 0 Å². The Kier molecular flexibility index (Phi) is 8.11. The molecule has 0 fully saturated rings. The summed E-state index contributed by atoms with van der Waals surface area (Å²) in [5, 5.41) is 2.79. The van der Waals surface area contributed by atoms with Crippen LogP contribution in [0.4, 0.5) is 10.1 Å². The van der Waals surface area contributed by atoms with Crippen LogP contribution in [0.2, 0.25) is 0 Å². The average Bonchev–Trinajstić information content (AvgIpc) is 2.78. The molecule has 0 aromatic heterocycles. The number of carbonyl (C=O) groups excluding carboxylic acids is 2. The Morgan fingerprint density at radius 1 is 0.969 bits per heavy atom. The Hall–Kier alpha value is -3.51. The number of rotatable bonds is 9. The number of hydrogen-bond donors (Lipinski definition) is 1. The number of carbonyl (C=O) groups is 2. The summed E-state index contributed by atoms with van der Waals surface area (Å²) in [6.07, 6.45) is 0.236. The lowest BCUT2D eigenvalue weighted by atomic mass is 10.1. The van der Waals surface area contributed by atoms with Gasteiger partial charge in [0.05, 0.1) is 19.6 Å². The van der Waals surface area contributed by atoms with E-state index in [4.69, 9.17) is 4.74 Å². The quantitative estimate of drug-likeness (QED) is 0.511. The van der Waals surface area contributed by atoms with Gasteiger partial charge in [0, 0.05) is 24.9 Å². The van der Waals surface area contributed by atoms with Crippen LogP contribution >= 0.6 is 0 Å². The number of methoxy groups -OCH3 is 1. The zero-order valence-electron chi connectivity index (χ0n) is 18.3. The van der Waals surface area contributed by atoms with E-state index in [2.05, 4.69) is 5.32 Å². The molecule has 0 heterocycles. The number of amides is 2. The summed E-state index contributed by atoms with van der Waals surface area (Å²) in [7, 11) is 1.58. The highest BCUT2D eigenvalue weighted by atomic mass is 19.1. The summed E-state index contributed by atoms with van der Waals surface area (Å²) in [4.78, 5) is 27.1. The summed E-state index contributed by atoms with van der Waals surface area (Å²) < 4.78 is 18.7. The normalized spacial score (nSPS) is 10.6. The first-order chi connectivity index (χ1) is 15.5. The lowest BCUT2D eigenvalue weighted by Crippen LogP contribution is -2.31. The predicted molar refractivity (Wildman–Crippen MR) is 123 cm³/mol. The zero-order chi connectivity index (χ0) is 22.9. The van der Waals surface area contributed by atoms with Crippen molar-refractivity contribution in [1.82, 2.24) is 5.32 Å². The van der Waals surface area contributed by atoms with Gasteiger partial charge in [-0.2, -0.15) is 0 Å². The van der Waals surface area contributed by atoms with Crippen LogP contribution in [0, 0.1) is 12.7 Å². The molecule has 0 bridgehead atoms. The van der Waals surface area contributed by atoms with Crippen molar-refractivity contribution < 1.29 is 18.7 Å². The first-order valence-electron chi connectivity index (χ1n) is 10.4. The molecule has 0 saturated carbocycles. The number of nitrogens with one attached hydrogen (secondary N) is 1. The Labute approximate surface area is 187 Å². The fraction of sp³-hybridized carbons (Fsp3) is 0.231. The van der Waals surface area contributed by atoms with Gasteiger partial charge in [0.15, 0.2) is 0 Å². The summed E-state index contributed by atoms with van der Waals surface area (Å²) in [5.41, 5.74) is 3.65. The third-order valence-electron chi connectivity index (χ3n) is 5.09. The zero-order valence-corrected chi connectivity index (χ0v) is 18.3. The molecule has 0 saturated heterocycles. The van der Waals surface area contributed by atoms with Crippen LogP contribution in [0.15, 0.2) is 72.8 Å². The van der Waals surface area contributed by atoms with Gasteiger partial charge in [0.2, 0.25) is 5.91 Å². The molecule has 0 aliphatic heterocycles. The van der Waals surface area contributed by atoms with Gasteiger partial charge in [-0.25, -0.2) is 4.39 Å². The minimum absolute atomic E-state index is 0.0950. The van der Waals surface area contributed by atoms with Gasteiger partial charge in [0.25, 0.3) is 5.91 Å². The number of benzene rings is 3. The second-order valence-corrected chi connectivity index (χ2v) is 7.52. The van der Waals surface area contributed by atoms with E-state index in [-0.39, 0.29) is 30.6 Å². The Morgan fingerprint density at radius 2 is 1.72 bits per heavy atom. The number of anilines is 1. The fourth-order valence-electron chi connectivity index (χ4n) is 3.39. The maximum absolute atomic E-state index is 13.7. The second kappa shape index (κ2) is 11.2. The summed E-state index contributed by atoms with van der Waals surface area (Å²) in [6.45, 7) is 3.03. The van der Waals surface area contributed by atoms with Crippen LogP contribution in [0.1, 0.15) is 27.0 Å². The summed E-state index contributed by atoms with van der Waals surface area (Å²) in [6, 6.07) is 20.9. The van der Waals surface area contributed by atoms with Crippen molar-refractivity contribution >= 4 is 17.5 Å². The van der Waals surface area contributed by atoms with E-state index in [0.717, 1.165) is 11.1 Å². The molecule has 0 unspecified atom stereocenters. The van der Waals surface area contributed by atoms with Gasteiger partial charge in [-0.1, -0.05) is 42.5 Å². The van der Waals surface area contributed by atoms with Crippen LogP contribution in [-0.2, 0) is 22.5 Å². The van der Waals surface area contributed by atoms with Crippen molar-refractivity contribution in [3.63, 3.8) is 0 Å². The molecule has 3 aromatic carbocycles. The molecule has 5 nitrogen and oxygen atoms in total. The first-order valence-corrected chi connectivity index (χ1v) is 10.4. The topological polar surface area (TPSA) is 58.6 Å². The molecule has 166 valence electrons. The van der Waals surface area contributed by atoms with Crippen LogP contribution in [0.3, 0.4) is 0 Å². The van der Waals surface area contributed by atoms with Crippen molar-refractivity contribution in [1.29, 1.82) is 0 Å². The van der Waals surface area contributed by atoms with E-state index in [0.29, 0.717) is 30.0 Å². The van der Waals surface area contributed by atoms with E-state index in [1.54, 1.807) is 30.2 Å². The molecule has 6 heteroatoms. The minimum Gasteiger partial charge on any atom is -0.383 e. The molecule has 0 aliphatic rings. The number of halogens is 1. The molecule has 3 rings (SSSR count). The standard InChI is InChI=1S/C26H27FN2O3/c1-19-6-3-4-9-24(19)26(31)29(18-21-7-5-8-22(27)16-21)23-12-10-20(11-13-23)17-25(30)28-14-15-32-2/h3-13,16H,14-15,17-18H2,1-2H3,(H,28,30). The van der Waals surface area contributed by atoms with Crippen LogP contribution in [0.5, 0.6) is 0 Å². The highest BCUT2D eigenvalue weighted by Gasteiger charge is 2.20. The Balaban J connectivity index is 1.83. The van der Waals surface area contributed by atoms with Crippen molar-refractivity contribution in [2.75, 3.05) is 25.2 Å². The lowest BCUT2D eigenvalue weighted by Gasteiger charge is -2.24. The molecule has 0 aliphatic carbocycles. The predicted octanol–water partition coefficient (Wildman–Crippen LogP) is 4.29. The van der Waals surface area contributed by atoms with E-state index >= 15 is 0 Å². The monoisotopic (exact) mass is 434 g/mol. The maximum atomic E-state index is 13.7. The highest BCUT2D eigenvalue weighted by Crippen LogP contribution is 2.23. The highest BCUT2D eigenvalue weighted by molar-refractivity contribution is 6.07. The SMILES string of the molecule is COCCNC(=O)Cc1ccc(N(Cc2cccc(F)c2)C(=O)c2ccccc2C)cc1. The summed E-state index contributed by atoms with van der Waals surface area (Å²) in [5.74, 6) is -0.611. The number of aryl methyl sites for hydroxylation is 1. The fourth-order valence-corrected chi connectivity index (χ4v) is 3.39. The smallest absolute Gasteiger partial charge is 0.258 e.